The summed E-state index contributed by atoms with van der Waals surface area (Å²) in [7, 11) is 0. The van der Waals surface area contributed by atoms with Crippen molar-refractivity contribution in [3.05, 3.63) is 85.1 Å². The Morgan fingerprint density at radius 3 is 1.14 bits per heavy atom. The molecule has 540 valence electrons. The maximum atomic E-state index is 13.4. The average molecular weight is 1310 g/mol. The molecule has 2 aliphatic heterocycles. The summed E-state index contributed by atoms with van der Waals surface area (Å²) in [5, 5.41) is 87.5. The molecule has 9 N–H and O–H groups in total. The van der Waals surface area contributed by atoms with Crippen molar-refractivity contribution >= 4 is 5.91 Å². The van der Waals surface area contributed by atoms with Gasteiger partial charge in [-0.15, -0.1) is 0 Å². The lowest BCUT2D eigenvalue weighted by Gasteiger charge is -2.46. The van der Waals surface area contributed by atoms with E-state index in [0.717, 1.165) is 77.0 Å². The molecule has 0 aliphatic carbocycles. The number of carbonyl (C=O) groups is 1. The van der Waals surface area contributed by atoms with E-state index in [4.69, 9.17) is 18.9 Å². The number of ether oxygens (including phenoxy) is 4. The van der Waals surface area contributed by atoms with Gasteiger partial charge in [0.15, 0.2) is 12.6 Å². The molecule has 2 rings (SSSR count). The highest BCUT2D eigenvalue weighted by Gasteiger charge is 2.51. The van der Waals surface area contributed by atoms with Crippen LogP contribution in [0.1, 0.15) is 316 Å². The molecule has 0 aromatic carbocycles. The lowest BCUT2D eigenvalue weighted by molar-refractivity contribution is -0.359. The van der Waals surface area contributed by atoms with Gasteiger partial charge in [-0.3, -0.25) is 4.79 Å². The summed E-state index contributed by atoms with van der Waals surface area (Å²) in [6, 6.07) is -0.917. The number of carbonyl (C=O) groups excluding carboxylic acids is 1. The van der Waals surface area contributed by atoms with Crippen LogP contribution in [0.2, 0.25) is 0 Å². The molecule has 2 heterocycles. The zero-order valence-electron chi connectivity index (χ0n) is 59.0. The monoisotopic (exact) mass is 1310 g/mol. The summed E-state index contributed by atoms with van der Waals surface area (Å²) in [4.78, 5) is 13.4. The number of aliphatic hydroxyl groups excluding tert-OH is 8. The van der Waals surface area contributed by atoms with E-state index in [9.17, 15) is 45.6 Å². The number of hydrogen-bond acceptors (Lipinski definition) is 13. The van der Waals surface area contributed by atoms with Crippen LogP contribution in [-0.2, 0) is 23.7 Å². The Kier molecular flexibility index (Phi) is 58.1. The third-order valence-electron chi connectivity index (χ3n) is 18.3. The van der Waals surface area contributed by atoms with Crippen LogP contribution in [0.15, 0.2) is 85.1 Å². The van der Waals surface area contributed by atoms with Crippen molar-refractivity contribution in [1.29, 1.82) is 0 Å². The molecular formula is C79H141NO13. The van der Waals surface area contributed by atoms with Crippen molar-refractivity contribution in [2.24, 2.45) is 0 Å². The third kappa shape index (κ3) is 46.1. The van der Waals surface area contributed by atoms with Gasteiger partial charge in [0, 0.05) is 6.42 Å². The molecule has 93 heavy (non-hydrogen) atoms. The molecule has 0 bridgehead atoms. The second kappa shape index (κ2) is 62.7. The smallest absolute Gasteiger partial charge is 0.220 e. The fraction of sp³-hybridized carbons (Fsp3) is 0.810. The SMILES string of the molecule is CC/C=C\C/C=C\C/C=C\C/C=C\C/C=C\C/C=C\CCCCCCCCCCCCCCCCCCCCCCC(=O)NC(COC1OC(CO)C(OC2OC(CO)C(O)C(O)C2O)C(O)C1O)C(O)/C=C/CCCCCCCCCCCCCCCCCCCC. The predicted octanol–water partition coefficient (Wildman–Crippen LogP) is 16.7. The summed E-state index contributed by atoms with van der Waals surface area (Å²) in [6.07, 6.45) is 70.8. The van der Waals surface area contributed by atoms with E-state index in [1.54, 1.807) is 6.08 Å². The van der Waals surface area contributed by atoms with E-state index in [1.165, 1.54) is 212 Å². The molecule has 0 radical (unpaired) electrons. The highest BCUT2D eigenvalue weighted by molar-refractivity contribution is 5.76. The van der Waals surface area contributed by atoms with Gasteiger partial charge in [0.1, 0.15) is 48.8 Å². The molecule has 2 fully saturated rings. The molecule has 0 spiro atoms. The highest BCUT2D eigenvalue weighted by atomic mass is 16.7. The van der Waals surface area contributed by atoms with E-state index in [1.807, 2.05) is 6.08 Å². The molecule has 1 amide bonds. The van der Waals surface area contributed by atoms with Crippen molar-refractivity contribution in [2.45, 2.75) is 389 Å². The third-order valence-corrected chi connectivity index (χ3v) is 18.3. The molecule has 0 saturated carbocycles. The van der Waals surface area contributed by atoms with Gasteiger partial charge >= 0.3 is 0 Å². The van der Waals surface area contributed by atoms with Gasteiger partial charge in [-0.05, 0) is 70.6 Å². The largest absolute Gasteiger partial charge is 0.394 e. The summed E-state index contributed by atoms with van der Waals surface area (Å²) >= 11 is 0. The summed E-state index contributed by atoms with van der Waals surface area (Å²) in [5.74, 6) is -0.236. The first-order valence-corrected chi connectivity index (χ1v) is 38.3. The quantitative estimate of drug-likeness (QED) is 0.0204. The first-order valence-electron chi connectivity index (χ1n) is 38.3. The first-order chi connectivity index (χ1) is 45.6. The van der Waals surface area contributed by atoms with Crippen molar-refractivity contribution < 1.29 is 64.6 Å². The Morgan fingerprint density at radius 1 is 0.398 bits per heavy atom. The van der Waals surface area contributed by atoms with Crippen molar-refractivity contribution in [3.8, 4) is 0 Å². The minimum atomic E-state index is -1.79. The Hall–Kier alpha value is -2.83. The van der Waals surface area contributed by atoms with Crippen molar-refractivity contribution in [3.63, 3.8) is 0 Å². The standard InChI is InChI=1S/C79H141NO13/c1-3-5-7-9-11-13-15-17-19-21-23-25-26-27-28-29-30-31-32-33-34-35-36-37-38-39-40-41-42-43-45-47-49-51-53-55-57-59-61-63-71(84)80-67(68(83)62-60-58-56-54-52-50-48-46-44-24-22-20-18-16-14-12-10-8-6-4-2)66-90-78-76(89)74(87)77(70(65-82)92-78)93-79-75(88)73(86)72(85)69(64-81)91-79/h5,7,11,13,17,19,23,25,27-28,30-31,60,62,67-70,72-79,81-83,85-89H,3-4,6,8-10,12,14-16,18,20-22,24,26,29,32-59,61,63-66H2,1-2H3,(H,80,84)/b7-5-,13-11-,19-17-,25-23-,28-27-,31-30-,62-60+. The van der Waals surface area contributed by atoms with Gasteiger partial charge in [-0.25, -0.2) is 0 Å². The van der Waals surface area contributed by atoms with Crippen LogP contribution in [-0.4, -0.2) is 140 Å². The molecule has 0 aromatic rings. The Balaban J connectivity index is 1.59. The van der Waals surface area contributed by atoms with E-state index in [0.29, 0.717) is 6.42 Å². The summed E-state index contributed by atoms with van der Waals surface area (Å²) in [5.41, 5.74) is 0. The van der Waals surface area contributed by atoms with Crippen molar-refractivity contribution in [2.75, 3.05) is 19.8 Å². The van der Waals surface area contributed by atoms with Crippen LogP contribution in [0, 0.1) is 0 Å². The van der Waals surface area contributed by atoms with Crippen LogP contribution >= 0.6 is 0 Å². The number of amides is 1. The van der Waals surface area contributed by atoms with Crippen LogP contribution in [0.4, 0.5) is 0 Å². The van der Waals surface area contributed by atoms with Crippen LogP contribution in [0.5, 0.6) is 0 Å². The Bertz CT molecular complexity index is 1890. The molecule has 2 aliphatic rings. The predicted molar refractivity (Wildman–Crippen MR) is 383 cm³/mol. The van der Waals surface area contributed by atoms with Crippen molar-refractivity contribution in [1.82, 2.24) is 5.32 Å². The van der Waals surface area contributed by atoms with Crippen LogP contribution in [0.3, 0.4) is 0 Å². The fourth-order valence-electron chi connectivity index (χ4n) is 12.3. The van der Waals surface area contributed by atoms with Gasteiger partial charge in [0.05, 0.1) is 32.0 Å². The topological polar surface area (TPSA) is 228 Å². The minimum absolute atomic E-state index is 0.236. The number of rotatable bonds is 63. The van der Waals surface area contributed by atoms with Gasteiger partial charge in [-0.1, -0.05) is 324 Å². The molecule has 0 aromatic heterocycles. The lowest BCUT2D eigenvalue weighted by Crippen LogP contribution is -2.65. The lowest BCUT2D eigenvalue weighted by atomic mass is 9.97. The molecule has 14 heteroatoms. The van der Waals surface area contributed by atoms with Gasteiger partial charge in [-0.2, -0.15) is 0 Å². The molecule has 2 saturated heterocycles. The molecule has 14 nitrogen and oxygen atoms in total. The van der Waals surface area contributed by atoms with Crippen LogP contribution in [0.25, 0.3) is 0 Å². The number of aliphatic hydroxyl groups is 8. The van der Waals surface area contributed by atoms with Crippen LogP contribution < -0.4 is 5.32 Å². The summed E-state index contributed by atoms with van der Waals surface area (Å²) < 4.78 is 22.9. The minimum Gasteiger partial charge on any atom is -0.394 e. The molecular weight excluding hydrogens is 1170 g/mol. The van der Waals surface area contributed by atoms with Gasteiger partial charge in [0.2, 0.25) is 5.91 Å². The van der Waals surface area contributed by atoms with E-state index >= 15 is 0 Å². The second-order valence-electron chi connectivity index (χ2n) is 26.8. The van der Waals surface area contributed by atoms with E-state index < -0.39 is 86.8 Å². The number of hydrogen-bond donors (Lipinski definition) is 9. The fourth-order valence-corrected chi connectivity index (χ4v) is 12.3. The number of allylic oxidation sites excluding steroid dienone is 13. The molecule has 12 unspecified atom stereocenters. The van der Waals surface area contributed by atoms with E-state index in [2.05, 4.69) is 92.1 Å². The van der Waals surface area contributed by atoms with Gasteiger partial charge < -0.3 is 65.1 Å². The Labute approximate surface area is 567 Å². The van der Waals surface area contributed by atoms with E-state index in [-0.39, 0.29) is 18.9 Å². The first kappa shape index (κ1) is 86.3. The maximum absolute atomic E-state index is 13.4. The Morgan fingerprint density at radius 2 is 0.742 bits per heavy atom. The zero-order valence-corrected chi connectivity index (χ0v) is 59.0. The van der Waals surface area contributed by atoms with Gasteiger partial charge in [0.25, 0.3) is 0 Å². The zero-order chi connectivity index (χ0) is 67.3. The summed E-state index contributed by atoms with van der Waals surface area (Å²) in [6.45, 7) is 2.72. The molecule has 12 atom stereocenters. The highest BCUT2D eigenvalue weighted by Crippen LogP contribution is 2.30. The number of nitrogens with one attached hydrogen (secondary N) is 1. The maximum Gasteiger partial charge on any atom is 0.220 e. The normalized spacial score (nSPS) is 23.0. The number of unbranched alkanes of at least 4 members (excludes halogenated alkanes) is 38. The second-order valence-corrected chi connectivity index (χ2v) is 26.8. The average Bonchev–Trinajstić information content (AvgIpc) is 0.854.